The summed E-state index contributed by atoms with van der Waals surface area (Å²) in [5, 5.41) is 0. The number of hydrogen-bond acceptors (Lipinski definition) is 5. The van der Waals surface area contributed by atoms with Gasteiger partial charge in [0.25, 0.3) is 0 Å². The van der Waals surface area contributed by atoms with E-state index in [0.717, 1.165) is 0 Å². The fourth-order valence-corrected chi connectivity index (χ4v) is 4.14. The highest BCUT2D eigenvalue weighted by Crippen LogP contribution is 2.49. The lowest BCUT2D eigenvalue weighted by Crippen LogP contribution is -2.02. The Morgan fingerprint density at radius 1 is 1.07 bits per heavy atom. The van der Waals surface area contributed by atoms with Crippen LogP contribution in [0.4, 0.5) is 0 Å². The molecule has 0 aliphatic carbocycles. The quantitative estimate of drug-likeness (QED) is 0.594. The van der Waals surface area contributed by atoms with Crippen LogP contribution in [-0.4, -0.2) is 32.1 Å². The Balaban J connectivity index is 4.06. The van der Waals surface area contributed by atoms with Gasteiger partial charge in [0.15, 0.2) is 6.16 Å². The SMILES string of the molecule is CCO[P+](=O)CCP(=O)(OCC)OCC. The van der Waals surface area contributed by atoms with Crippen molar-refractivity contribution in [1.82, 2.24) is 0 Å². The van der Waals surface area contributed by atoms with Gasteiger partial charge in [-0.15, -0.1) is 4.52 Å². The minimum atomic E-state index is -3.06. The van der Waals surface area contributed by atoms with Crippen molar-refractivity contribution in [1.29, 1.82) is 0 Å². The predicted octanol–water partition coefficient (Wildman–Crippen LogP) is 3.03. The molecule has 0 aromatic rings. The van der Waals surface area contributed by atoms with Gasteiger partial charge < -0.3 is 9.05 Å². The van der Waals surface area contributed by atoms with E-state index in [9.17, 15) is 9.13 Å². The average molecular weight is 257 g/mol. The van der Waals surface area contributed by atoms with E-state index in [0.29, 0.717) is 19.8 Å². The Morgan fingerprint density at radius 2 is 1.60 bits per heavy atom. The smallest absolute Gasteiger partial charge is 0.309 e. The lowest BCUT2D eigenvalue weighted by Gasteiger charge is -2.14. The van der Waals surface area contributed by atoms with Gasteiger partial charge in [0.05, 0.1) is 26.0 Å². The van der Waals surface area contributed by atoms with Crippen LogP contribution in [0.3, 0.4) is 0 Å². The van der Waals surface area contributed by atoms with Crippen molar-refractivity contribution in [2.75, 3.05) is 32.1 Å². The summed E-state index contributed by atoms with van der Waals surface area (Å²) in [4.78, 5) is 0. The summed E-state index contributed by atoms with van der Waals surface area (Å²) in [5.41, 5.74) is 0. The molecule has 0 radical (unpaired) electrons. The summed E-state index contributed by atoms with van der Waals surface area (Å²) >= 11 is 0. The summed E-state index contributed by atoms with van der Waals surface area (Å²) < 4.78 is 38.1. The van der Waals surface area contributed by atoms with Crippen molar-refractivity contribution >= 4 is 15.6 Å². The van der Waals surface area contributed by atoms with Crippen LogP contribution in [0.2, 0.25) is 0 Å². The molecule has 0 spiro atoms. The molecular weight excluding hydrogens is 238 g/mol. The molecule has 1 unspecified atom stereocenters. The highest BCUT2D eigenvalue weighted by atomic mass is 31.2. The molecule has 0 saturated heterocycles. The minimum absolute atomic E-state index is 0.143. The van der Waals surface area contributed by atoms with Gasteiger partial charge in [-0.05, 0) is 25.3 Å². The first-order chi connectivity index (χ1) is 7.08. The van der Waals surface area contributed by atoms with Gasteiger partial charge in [-0.25, -0.2) is 0 Å². The molecule has 0 heterocycles. The Labute approximate surface area is 91.9 Å². The molecule has 0 fully saturated rings. The van der Waals surface area contributed by atoms with E-state index in [4.69, 9.17) is 13.6 Å². The van der Waals surface area contributed by atoms with Gasteiger partial charge in [0, 0.05) is 0 Å². The van der Waals surface area contributed by atoms with Crippen molar-refractivity contribution in [2.24, 2.45) is 0 Å². The first-order valence-electron chi connectivity index (χ1n) is 5.03. The van der Waals surface area contributed by atoms with E-state index in [1.165, 1.54) is 0 Å². The van der Waals surface area contributed by atoms with Crippen LogP contribution in [0.25, 0.3) is 0 Å². The summed E-state index contributed by atoms with van der Waals surface area (Å²) in [6.07, 6.45) is 0.352. The topological polar surface area (TPSA) is 61.8 Å². The molecule has 0 saturated carbocycles. The molecular formula is C8H19O5P2+. The molecule has 1 atom stereocenters. The van der Waals surface area contributed by atoms with Crippen molar-refractivity contribution < 1.29 is 22.7 Å². The standard InChI is InChI=1S/C8H19O5P2/c1-4-11-14(9)7-8-15(10,12-5-2)13-6-3/h4-8H2,1-3H3/q+1. The molecule has 15 heavy (non-hydrogen) atoms. The van der Waals surface area contributed by atoms with Crippen LogP contribution in [0.5, 0.6) is 0 Å². The zero-order valence-corrected chi connectivity index (χ0v) is 11.3. The second kappa shape index (κ2) is 8.37. The van der Waals surface area contributed by atoms with E-state index < -0.39 is 15.6 Å². The third kappa shape index (κ3) is 7.15. The molecule has 0 amide bonds. The second-order valence-corrected chi connectivity index (χ2v) is 6.20. The second-order valence-electron chi connectivity index (χ2n) is 2.64. The van der Waals surface area contributed by atoms with E-state index >= 15 is 0 Å². The largest absolute Gasteiger partial charge is 0.508 e. The average Bonchev–Trinajstić information content (AvgIpc) is 2.16. The fourth-order valence-electron chi connectivity index (χ4n) is 0.972. The number of rotatable bonds is 9. The molecule has 5 nitrogen and oxygen atoms in total. The highest BCUT2D eigenvalue weighted by molar-refractivity contribution is 7.55. The van der Waals surface area contributed by atoms with E-state index in [1.807, 2.05) is 0 Å². The Kier molecular flexibility index (Phi) is 8.49. The van der Waals surface area contributed by atoms with Crippen LogP contribution in [0.15, 0.2) is 0 Å². The Morgan fingerprint density at radius 3 is 2.00 bits per heavy atom. The molecule has 0 N–H and O–H groups in total. The third-order valence-electron chi connectivity index (χ3n) is 1.48. The molecule has 0 aromatic carbocycles. The van der Waals surface area contributed by atoms with Crippen LogP contribution in [0, 0.1) is 0 Å². The molecule has 7 heteroatoms. The third-order valence-corrected chi connectivity index (χ3v) is 5.04. The lowest BCUT2D eigenvalue weighted by atomic mass is 10.9. The molecule has 0 rings (SSSR count). The summed E-state index contributed by atoms with van der Waals surface area (Å²) in [6.45, 7) is 6.29. The molecule has 0 aliphatic heterocycles. The van der Waals surface area contributed by atoms with Crippen molar-refractivity contribution in [3.63, 3.8) is 0 Å². The highest BCUT2D eigenvalue weighted by Gasteiger charge is 2.29. The first-order valence-corrected chi connectivity index (χ1v) is 8.12. The van der Waals surface area contributed by atoms with Crippen molar-refractivity contribution in [3.05, 3.63) is 0 Å². The molecule has 0 aromatic heterocycles. The Bertz CT molecular complexity index is 221. The normalized spacial score (nSPS) is 12.9. The van der Waals surface area contributed by atoms with E-state index in [-0.39, 0.29) is 12.3 Å². The fraction of sp³-hybridized carbons (Fsp3) is 1.00. The van der Waals surface area contributed by atoms with E-state index in [1.54, 1.807) is 20.8 Å². The van der Waals surface area contributed by atoms with E-state index in [2.05, 4.69) is 0 Å². The maximum Gasteiger partial charge on any atom is 0.508 e. The van der Waals surface area contributed by atoms with Gasteiger partial charge in [0.1, 0.15) is 0 Å². The van der Waals surface area contributed by atoms with Crippen LogP contribution in [-0.2, 0) is 22.7 Å². The maximum absolute atomic E-state index is 11.9. The summed E-state index contributed by atoms with van der Waals surface area (Å²) in [6, 6.07) is 0. The van der Waals surface area contributed by atoms with Gasteiger partial charge >= 0.3 is 15.6 Å². The minimum Gasteiger partial charge on any atom is -0.309 e. The van der Waals surface area contributed by atoms with Gasteiger partial charge in [0.2, 0.25) is 0 Å². The monoisotopic (exact) mass is 257 g/mol. The van der Waals surface area contributed by atoms with Gasteiger partial charge in [-0.1, -0.05) is 0 Å². The maximum atomic E-state index is 11.9. The molecule has 0 bridgehead atoms. The summed E-state index contributed by atoms with van der Waals surface area (Å²) in [5.74, 6) is 0. The van der Waals surface area contributed by atoms with Crippen LogP contribution < -0.4 is 0 Å². The molecule has 90 valence electrons. The number of hydrogen-bond donors (Lipinski definition) is 0. The lowest BCUT2D eigenvalue weighted by molar-refractivity contribution is 0.221. The van der Waals surface area contributed by atoms with Crippen LogP contribution >= 0.6 is 15.6 Å². The van der Waals surface area contributed by atoms with Crippen LogP contribution in [0.1, 0.15) is 20.8 Å². The first kappa shape index (κ1) is 15.2. The van der Waals surface area contributed by atoms with Crippen molar-refractivity contribution in [3.8, 4) is 0 Å². The van der Waals surface area contributed by atoms with Gasteiger partial charge in [-0.3, -0.25) is 4.57 Å². The zero-order chi connectivity index (χ0) is 11.7. The predicted molar refractivity (Wildman–Crippen MR) is 59.8 cm³/mol. The summed E-state index contributed by atoms with van der Waals surface area (Å²) in [7, 11) is -4.81. The van der Waals surface area contributed by atoms with Crippen molar-refractivity contribution in [2.45, 2.75) is 20.8 Å². The zero-order valence-electron chi connectivity index (χ0n) is 9.47. The molecule has 0 aliphatic rings. The van der Waals surface area contributed by atoms with Gasteiger partial charge in [-0.2, -0.15) is 0 Å². The Hall–Kier alpha value is 0.210.